The summed E-state index contributed by atoms with van der Waals surface area (Å²) in [5, 5.41) is 29.9. The fraction of sp³-hybridized carbons (Fsp3) is 0.350. The summed E-state index contributed by atoms with van der Waals surface area (Å²) in [5.74, 6) is -0.0690. The highest BCUT2D eigenvalue weighted by Crippen LogP contribution is 2.56. The van der Waals surface area contributed by atoms with Crippen LogP contribution in [0.2, 0.25) is 5.02 Å². The predicted molar refractivity (Wildman–Crippen MR) is 94.6 cm³/mol. The Morgan fingerprint density at radius 3 is 2.48 bits per heavy atom. The number of hydrogen-bond donors (Lipinski definition) is 1. The second-order valence-corrected chi connectivity index (χ2v) is 7.16. The van der Waals surface area contributed by atoms with Crippen molar-refractivity contribution in [3.8, 4) is 18.2 Å². The van der Waals surface area contributed by atoms with Crippen LogP contribution in [0.25, 0.3) is 0 Å². The molecule has 2 N–H and O–H groups in total. The maximum absolute atomic E-state index is 9.79. The lowest BCUT2D eigenvalue weighted by Crippen LogP contribution is -2.41. The van der Waals surface area contributed by atoms with Gasteiger partial charge in [-0.25, -0.2) is 0 Å². The van der Waals surface area contributed by atoms with Crippen LogP contribution in [0.15, 0.2) is 47.2 Å². The molecule has 1 aromatic carbocycles. The number of allylic oxidation sites excluding steroid dienone is 3. The van der Waals surface area contributed by atoms with E-state index >= 15 is 0 Å². The van der Waals surface area contributed by atoms with Crippen LogP contribution in [0.5, 0.6) is 0 Å². The Balaban J connectivity index is 2.35. The first-order chi connectivity index (χ1) is 12.0. The number of fused-ring (bicyclic) bond motifs is 1. The Morgan fingerprint density at radius 2 is 1.88 bits per heavy atom. The molecule has 0 heterocycles. The monoisotopic (exact) mass is 348 g/mol. The van der Waals surface area contributed by atoms with Crippen molar-refractivity contribution < 1.29 is 0 Å². The van der Waals surface area contributed by atoms with Crippen LogP contribution < -0.4 is 5.73 Å². The molecule has 3 unspecified atom stereocenters. The summed E-state index contributed by atoms with van der Waals surface area (Å²) in [4.78, 5) is 0. The number of hydrogen-bond acceptors (Lipinski definition) is 4. The summed E-state index contributed by atoms with van der Waals surface area (Å²) in [6, 6.07) is 13.7. The molecule has 5 heteroatoms. The van der Waals surface area contributed by atoms with Gasteiger partial charge in [-0.2, -0.15) is 15.8 Å². The number of rotatable bonds is 1. The summed E-state index contributed by atoms with van der Waals surface area (Å²) in [5.41, 5.74) is 6.54. The number of benzene rings is 1. The minimum Gasteiger partial charge on any atom is -0.399 e. The van der Waals surface area contributed by atoms with Gasteiger partial charge in [0, 0.05) is 10.9 Å². The van der Waals surface area contributed by atoms with Gasteiger partial charge in [-0.3, -0.25) is 0 Å². The largest absolute Gasteiger partial charge is 0.399 e. The summed E-state index contributed by atoms with van der Waals surface area (Å²) in [6.07, 6.45) is 3.54. The van der Waals surface area contributed by atoms with Crippen molar-refractivity contribution in [2.45, 2.75) is 25.7 Å². The van der Waals surface area contributed by atoms with Crippen molar-refractivity contribution in [1.29, 1.82) is 15.8 Å². The zero-order valence-electron chi connectivity index (χ0n) is 13.8. The molecule has 0 fully saturated rings. The molecule has 0 amide bonds. The van der Waals surface area contributed by atoms with E-state index in [1.807, 2.05) is 24.3 Å². The van der Waals surface area contributed by atoms with E-state index < -0.39 is 5.41 Å². The minimum atomic E-state index is -1.56. The van der Waals surface area contributed by atoms with Gasteiger partial charge in [-0.05, 0) is 41.9 Å². The summed E-state index contributed by atoms with van der Waals surface area (Å²) in [7, 11) is 0. The normalized spacial score (nSPS) is 27.3. The summed E-state index contributed by atoms with van der Waals surface area (Å²) in [6.45, 7) is 2.13. The van der Waals surface area contributed by atoms with Crippen molar-refractivity contribution in [1.82, 2.24) is 0 Å². The smallest absolute Gasteiger partial charge is 0.204 e. The Hall–Kier alpha value is -2.74. The molecule has 0 saturated carbocycles. The maximum Gasteiger partial charge on any atom is 0.204 e. The Kier molecular flexibility index (Phi) is 4.30. The molecular weight excluding hydrogens is 332 g/mol. The third-order valence-corrected chi connectivity index (χ3v) is 5.68. The van der Waals surface area contributed by atoms with Gasteiger partial charge in [0.1, 0.15) is 0 Å². The fourth-order valence-corrected chi connectivity index (χ4v) is 4.37. The molecule has 0 radical (unpaired) electrons. The molecule has 0 aromatic heterocycles. The van der Waals surface area contributed by atoms with Crippen molar-refractivity contribution in [2.24, 2.45) is 23.0 Å². The van der Waals surface area contributed by atoms with Crippen molar-refractivity contribution in [3.63, 3.8) is 0 Å². The highest BCUT2D eigenvalue weighted by molar-refractivity contribution is 6.31. The van der Waals surface area contributed by atoms with Crippen LogP contribution in [0.3, 0.4) is 0 Å². The van der Waals surface area contributed by atoms with Gasteiger partial charge < -0.3 is 5.73 Å². The predicted octanol–water partition coefficient (Wildman–Crippen LogP) is 4.18. The van der Waals surface area contributed by atoms with Gasteiger partial charge in [-0.1, -0.05) is 42.8 Å². The van der Waals surface area contributed by atoms with Crippen molar-refractivity contribution in [3.05, 3.63) is 57.8 Å². The van der Waals surface area contributed by atoms with E-state index in [1.165, 1.54) is 0 Å². The molecule has 25 heavy (non-hydrogen) atoms. The topological polar surface area (TPSA) is 97.4 Å². The summed E-state index contributed by atoms with van der Waals surface area (Å²) < 4.78 is 0. The highest BCUT2D eigenvalue weighted by Gasteiger charge is 2.52. The van der Waals surface area contributed by atoms with Gasteiger partial charge in [-0.15, -0.1) is 0 Å². The first-order valence-electron chi connectivity index (χ1n) is 8.17. The molecule has 1 aromatic rings. The average molecular weight is 349 g/mol. The van der Waals surface area contributed by atoms with Gasteiger partial charge in [0.15, 0.2) is 0 Å². The molecule has 2 aliphatic rings. The van der Waals surface area contributed by atoms with E-state index in [2.05, 4.69) is 25.1 Å². The third-order valence-electron chi connectivity index (χ3n) is 5.33. The molecule has 2 aliphatic carbocycles. The Bertz CT molecular complexity index is 893. The van der Waals surface area contributed by atoms with Crippen LogP contribution in [0, 0.1) is 51.2 Å². The van der Waals surface area contributed by atoms with E-state index in [-0.39, 0.29) is 23.1 Å². The van der Waals surface area contributed by atoms with Crippen LogP contribution in [0.1, 0.15) is 31.2 Å². The van der Waals surface area contributed by atoms with E-state index in [9.17, 15) is 15.8 Å². The minimum absolute atomic E-state index is 0.0435. The molecular formula is C20H17ClN4. The summed E-state index contributed by atoms with van der Waals surface area (Å²) >= 11 is 6.41. The van der Waals surface area contributed by atoms with Crippen molar-refractivity contribution in [2.75, 3.05) is 0 Å². The standard InChI is InChI=1S/C20H17ClN4/c1-12-6-7-16-14(8-12)18(13-4-2-3-5-17(13)21)15(9-22)19(25)20(16,10-23)11-24/h2-5,7,12,14,18H,6,8,25H2,1H3. The molecule has 0 spiro atoms. The van der Waals surface area contributed by atoms with Gasteiger partial charge in [0.05, 0.1) is 29.5 Å². The molecule has 0 bridgehead atoms. The highest BCUT2D eigenvalue weighted by atomic mass is 35.5. The van der Waals surface area contributed by atoms with Crippen LogP contribution in [0.4, 0.5) is 0 Å². The molecule has 3 atom stereocenters. The van der Waals surface area contributed by atoms with Gasteiger partial charge in [0.2, 0.25) is 5.41 Å². The van der Waals surface area contributed by atoms with Crippen LogP contribution >= 0.6 is 11.6 Å². The Labute approximate surface area is 152 Å². The van der Waals surface area contributed by atoms with E-state index in [0.29, 0.717) is 10.9 Å². The zero-order chi connectivity index (χ0) is 18.2. The first-order valence-corrected chi connectivity index (χ1v) is 8.55. The van der Waals surface area contributed by atoms with Gasteiger partial charge in [0.25, 0.3) is 0 Å². The lowest BCUT2D eigenvalue weighted by Gasteiger charge is -2.43. The molecule has 0 aliphatic heterocycles. The second-order valence-electron chi connectivity index (χ2n) is 6.75. The maximum atomic E-state index is 9.79. The third kappa shape index (κ3) is 2.41. The Morgan fingerprint density at radius 1 is 1.20 bits per heavy atom. The molecule has 4 nitrogen and oxygen atoms in total. The SMILES string of the molecule is CC1CC=C2C(C1)C(c1ccccc1Cl)C(C#N)=C(N)C2(C#N)C#N. The van der Waals surface area contributed by atoms with E-state index in [1.54, 1.807) is 6.07 Å². The number of nitrogens with zero attached hydrogens (tertiary/aromatic N) is 3. The van der Waals surface area contributed by atoms with E-state index in [4.69, 9.17) is 17.3 Å². The second kappa shape index (κ2) is 6.29. The van der Waals surface area contributed by atoms with Crippen LogP contribution in [-0.2, 0) is 0 Å². The zero-order valence-corrected chi connectivity index (χ0v) is 14.6. The average Bonchev–Trinajstić information content (AvgIpc) is 2.62. The fourth-order valence-electron chi connectivity index (χ4n) is 4.11. The number of halogens is 1. The van der Waals surface area contributed by atoms with Crippen LogP contribution in [-0.4, -0.2) is 0 Å². The molecule has 0 saturated heterocycles. The lowest BCUT2D eigenvalue weighted by atomic mass is 9.57. The quantitative estimate of drug-likeness (QED) is 0.769. The van der Waals surface area contributed by atoms with Gasteiger partial charge >= 0.3 is 0 Å². The molecule has 124 valence electrons. The van der Waals surface area contributed by atoms with E-state index in [0.717, 1.165) is 24.0 Å². The molecule has 3 rings (SSSR count). The lowest BCUT2D eigenvalue weighted by molar-refractivity contribution is 0.334. The number of nitriles is 3. The van der Waals surface area contributed by atoms with Crippen molar-refractivity contribution >= 4 is 11.6 Å². The first kappa shape index (κ1) is 17.1. The number of nitrogens with two attached hydrogens (primary N) is 1.